The molecular weight excluding hydrogens is 879 g/mol. The van der Waals surface area contributed by atoms with Crippen molar-refractivity contribution in [2.75, 3.05) is 44.4 Å². The van der Waals surface area contributed by atoms with Crippen LogP contribution in [-0.2, 0) is 54.4 Å². The average Bonchev–Trinajstić information content (AvgIpc) is 3.76. The van der Waals surface area contributed by atoms with E-state index in [0.29, 0.717) is 5.69 Å². The molecule has 0 fully saturated rings. The number of aromatic amines is 1. The number of carbonyl (C=O) groups is 10. The smallest absolute Gasteiger partial charge is 0.322 e. The van der Waals surface area contributed by atoms with Crippen molar-refractivity contribution in [3.05, 3.63) is 18.2 Å². The fourth-order valence-electron chi connectivity index (χ4n) is 5.01. The molecule has 0 saturated carbocycles. The zero-order valence-corrected chi connectivity index (χ0v) is 35.5. The minimum Gasteiger partial charge on any atom is -0.480 e. The largest absolute Gasteiger partial charge is 0.480 e. The van der Waals surface area contributed by atoms with Crippen LogP contribution in [-0.4, -0.2) is 177 Å². The van der Waals surface area contributed by atoms with E-state index in [0.717, 1.165) is 0 Å². The van der Waals surface area contributed by atoms with E-state index in [2.05, 4.69) is 82.8 Å². The van der Waals surface area contributed by atoms with Gasteiger partial charge in [-0.25, -0.2) is 4.98 Å². The Morgan fingerprint density at radius 1 is 0.667 bits per heavy atom. The summed E-state index contributed by atoms with van der Waals surface area (Å²) in [6.45, 7) is -3.69. The number of carbonyl (C=O) groups excluding carboxylic acids is 9. The monoisotopic (exact) mass is 933 g/mol. The molecule has 0 bridgehead atoms. The van der Waals surface area contributed by atoms with E-state index >= 15 is 0 Å². The Morgan fingerprint density at radius 3 is 1.70 bits per heavy atom. The molecule has 0 radical (unpaired) electrons. The lowest BCUT2D eigenvalue weighted by atomic mass is 10.1. The Hall–Kier alpha value is -6.24. The van der Waals surface area contributed by atoms with Gasteiger partial charge in [-0.2, -0.15) is 25.3 Å². The van der Waals surface area contributed by atoms with E-state index in [4.69, 9.17) is 28.0 Å². The van der Waals surface area contributed by atoms with Crippen LogP contribution in [0.5, 0.6) is 0 Å². The van der Waals surface area contributed by atoms with Gasteiger partial charge in [0.15, 0.2) is 5.96 Å². The molecule has 0 aromatic carbocycles. The van der Waals surface area contributed by atoms with Gasteiger partial charge in [0.05, 0.1) is 32.1 Å². The molecule has 28 nitrogen and oxygen atoms in total. The summed E-state index contributed by atoms with van der Waals surface area (Å²) < 4.78 is 0. The van der Waals surface area contributed by atoms with Crippen LogP contribution >= 0.6 is 25.3 Å². The molecule has 1 rings (SSSR count). The number of aliphatic carboxylic acids is 1. The number of aliphatic hydroxyl groups is 2. The fourth-order valence-corrected chi connectivity index (χ4v) is 5.43. The average molecular weight is 934 g/mol. The van der Waals surface area contributed by atoms with E-state index in [-0.39, 0.29) is 43.3 Å². The van der Waals surface area contributed by atoms with Gasteiger partial charge in [-0.05, 0) is 19.3 Å². The molecule has 9 amide bonds. The molecule has 1 aromatic heterocycles. The number of nitrogens with one attached hydrogen (secondary N) is 9. The van der Waals surface area contributed by atoms with Crippen molar-refractivity contribution in [1.29, 1.82) is 0 Å². The van der Waals surface area contributed by atoms with Gasteiger partial charge in [-0.15, -0.1) is 0 Å². The number of imidazole rings is 1. The van der Waals surface area contributed by atoms with Gasteiger partial charge in [0.2, 0.25) is 53.2 Å². The molecule has 352 valence electrons. The summed E-state index contributed by atoms with van der Waals surface area (Å²) in [7, 11) is 0. The number of guanidine groups is 1. The van der Waals surface area contributed by atoms with Gasteiger partial charge in [0.1, 0.15) is 42.8 Å². The molecule has 30 heteroatoms. The number of aromatic nitrogens is 2. The van der Waals surface area contributed by atoms with Crippen molar-refractivity contribution >= 4 is 90.4 Å². The van der Waals surface area contributed by atoms with E-state index in [9.17, 15) is 58.2 Å². The summed E-state index contributed by atoms with van der Waals surface area (Å²) in [6, 6.07) is -10.2. The molecule has 0 aliphatic heterocycles. The van der Waals surface area contributed by atoms with E-state index in [1.165, 1.54) is 12.5 Å². The van der Waals surface area contributed by atoms with Crippen LogP contribution in [0.25, 0.3) is 0 Å². The SMILES string of the molecule is NC(=O)CC[C@H](NC(=O)CNC(=O)[C@H](CO)NC(=O)[C@H](CO)NC(=O)[C@H](Cc1cnc[nH]1)NC(=O)[C@@H](N)CS)C(=O)N[C@@H](CCCN=C(N)N)C(=O)N[C@@H](CS)C(=O)NCC(=O)O. The maximum atomic E-state index is 13.5. The van der Waals surface area contributed by atoms with Crippen molar-refractivity contribution in [3.63, 3.8) is 0 Å². The zero-order chi connectivity index (χ0) is 47.6. The molecule has 1 aromatic rings. The zero-order valence-electron chi connectivity index (χ0n) is 33.7. The number of carboxylic acids is 1. The van der Waals surface area contributed by atoms with Crippen LogP contribution in [0.15, 0.2) is 17.5 Å². The number of rotatable bonds is 30. The summed E-state index contributed by atoms with van der Waals surface area (Å²) in [5, 5.41) is 46.6. The third-order valence-electron chi connectivity index (χ3n) is 8.34. The van der Waals surface area contributed by atoms with Gasteiger partial charge in [-0.1, -0.05) is 0 Å². The highest BCUT2D eigenvalue weighted by molar-refractivity contribution is 7.80. The number of thiol groups is 2. The number of primary amides is 1. The summed E-state index contributed by atoms with van der Waals surface area (Å²) in [5.41, 5.74) is 22.0. The predicted octanol–water partition coefficient (Wildman–Crippen LogP) is -9.33. The molecule has 1 heterocycles. The number of hydrogen-bond donors (Lipinski definition) is 18. The van der Waals surface area contributed by atoms with Crippen molar-refractivity contribution in [2.24, 2.45) is 27.9 Å². The molecular formula is C33H55N15O13S2. The minimum absolute atomic E-state index is 0.00254. The number of H-pyrrole nitrogens is 1. The maximum absolute atomic E-state index is 13.5. The van der Waals surface area contributed by atoms with Crippen LogP contribution in [0.2, 0.25) is 0 Å². The van der Waals surface area contributed by atoms with Gasteiger partial charge >= 0.3 is 5.97 Å². The lowest BCUT2D eigenvalue weighted by Gasteiger charge is -2.25. The Bertz CT molecular complexity index is 1770. The van der Waals surface area contributed by atoms with Gasteiger partial charge in [-0.3, -0.25) is 52.9 Å². The number of nitrogens with zero attached hydrogens (tertiary/aromatic N) is 2. The molecule has 0 spiro atoms. The molecule has 63 heavy (non-hydrogen) atoms. The quantitative estimate of drug-likeness (QED) is 0.0147. The van der Waals surface area contributed by atoms with Crippen molar-refractivity contribution in [3.8, 4) is 0 Å². The topological polar surface area (TPSA) is 473 Å². The molecule has 20 N–H and O–H groups in total. The van der Waals surface area contributed by atoms with E-state index in [1.807, 2.05) is 0 Å². The summed E-state index contributed by atoms with van der Waals surface area (Å²) in [6.07, 6.45) is 1.66. The lowest BCUT2D eigenvalue weighted by Crippen LogP contribution is -2.60. The molecule has 0 unspecified atom stereocenters. The number of carboxylic acid groups (broad SMARTS) is 1. The second kappa shape index (κ2) is 29.1. The lowest BCUT2D eigenvalue weighted by molar-refractivity contribution is -0.138. The normalized spacial score (nSPS) is 14.0. The second-order valence-electron chi connectivity index (χ2n) is 13.3. The summed E-state index contributed by atoms with van der Waals surface area (Å²) >= 11 is 7.97. The van der Waals surface area contributed by atoms with Crippen molar-refractivity contribution < 1.29 is 63.3 Å². The second-order valence-corrected chi connectivity index (χ2v) is 14.1. The Kier molecular flexibility index (Phi) is 25.3. The maximum Gasteiger partial charge on any atom is 0.322 e. The Morgan fingerprint density at radius 2 is 1.17 bits per heavy atom. The first-order valence-electron chi connectivity index (χ1n) is 18.8. The molecule has 0 saturated heterocycles. The molecule has 7 atom stereocenters. The number of hydrogen-bond acceptors (Lipinski definition) is 17. The van der Waals surface area contributed by atoms with Crippen LogP contribution < -0.4 is 65.5 Å². The van der Waals surface area contributed by atoms with E-state index in [1.54, 1.807) is 0 Å². The first-order chi connectivity index (χ1) is 29.8. The number of amides is 9. The first kappa shape index (κ1) is 54.8. The van der Waals surface area contributed by atoms with E-state index < -0.39 is 141 Å². The molecule has 0 aliphatic rings. The number of aliphatic hydroxyl groups excluding tert-OH is 2. The Labute approximate surface area is 370 Å². The van der Waals surface area contributed by atoms with Crippen LogP contribution in [0.1, 0.15) is 31.4 Å². The van der Waals surface area contributed by atoms with Crippen LogP contribution in [0.3, 0.4) is 0 Å². The standard InChI is InChI=1S/C33H55N15O13S2/c34-16(12-62)26(55)45-19(6-15-7-38-14-42-15)31(60)47-21(11-50)32(61)46-20(10-49)27(56)40-8-24(52)43-18(3-4-23(35)51)30(59)44-17(2-1-5-39-33(36)37)29(58)48-22(13-63)28(57)41-9-25(53)54/h7,14,16-22,49-50,62-63H,1-6,8-13,34H2,(H2,35,51)(H,38,42)(H,40,56)(H,41,57)(H,43,52)(H,44,59)(H,45,55)(H,46,61)(H,47,60)(H,48,58)(H,53,54)(H4,36,37,39)/t16-,17-,18-,19-,20-,21-,22-/m0/s1. The van der Waals surface area contributed by atoms with Crippen molar-refractivity contribution in [1.82, 2.24) is 52.5 Å². The van der Waals surface area contributed by atoms with Gasteiger partial charge in [0, 0.05) is 42.8 Å². The first-order valence-corrected chi connectivity index (χ1v) is 20.1. The van der Waals surface area contributed by atoms with Gasteiger partial charge in [0.25, 0.3) is 0 Å². The van der Waals surface area contributed by atoms with Crippen molar-refractivity contribution in [2.45, 2.75) is 74.4 Å². The highest BCUT2D eigenvalue weighted by Crippen LogP contribution is 2.05. The number of nitrogens with two attached hydrogens (primary N) is 4. The highest BCUT2D eigenvalue weighted by atomic mass is 32.1. The minimum atomic E-state index is -1.76. The summed E-state index contributed by atoms with van der Waals surface area (Å²) in [4.78, 5) is 137. The highest BCUT2D eigenvalue weighted by Gasteiger charge is 2.32. The predicted molar refractivity (Wildman–Crippen MR) is 226 cm³/mol. The fraction of sp³-hybridized carbons (Fsp3) is 0.576. The summed E-state index contributed by atoms with van der Waals surface area (Å²) in [5.74, 6) is -10.7. The van der Waals surface area contributed by atoms with Gasteiger partial charge < -0.3 is 85.8 Å². The third-order valence-corrected chi connectivity index (χ3v) is 9.10. The van der Waals surface area contributed by atoms with Crippen LogP contribution in [0, 0.1) is 0 Å². The van der Waals surface area contributed by atoms with Crippen LogP contribution in [0.4, 0.5) is 0 Å². The third kappa shape index (κ3) is 21.4. The Balaban J connectivity index is 3.06. The number of aliphatic imine (C=N–C) groups is 1. The molecule has 0 aliphatic carbocycles.